The highest BCUT2D eigenvalue weighted by Crippen LogP contribution is 2.15. The predicted molar refractivity (Wildman–Crippen MR) is 106 cm³/mol. The molecule has 0 aromatic heterocycles. The summed E-state index contributed by atoms with van der Waals surface area (Å²) in [6, 6.07) is 14.0. The van der Waals surface area contributed by atoms with Crippen LogP contribution in [0.3, 0.4) is 0 Å². The molecule has 27 heavy (non-hydrogen) atoms. The highest BCUT2D eigenvalue weighted by Gasteiger charge is 2.03. The number of rotatable bonds is 9. The van der Waals surface area contributed by atoms with Crippen molar-refractivity contribution in [3.8, 4) is 5.75 Å². The van der Waals surface area contributed by atoms with Gasteiger partial charge in [0.2, 0.25) is 5.91 Å². The van der Waals surface area contributed by atoms with E-state index in [1.165, 1.54) is 23.8 Å². The number of hydrogen-bond acceptors (Lipinski definition) is 4. The summed E-state index contributed by atoms with van der Waals surface area (Å²) in [4.78, 5) is 22.0. The summed E-state index contributed by atoms with van der Waals surface area (Å²) in [7, 11) is 0. The fourth-order valence-corrected chi connectivity index (χ4v) is 2.45. The van der Waals surface area contributed by atoms with Crippen LogP contribution in [0.25, 0.3) is 6.08 Å². The SMILES string of the molecule is CC(C)Oc1ccc(CCCNC(=O)/C=C/c2ccc([N+](=O)[O-])cc2)cc1. The van der Waals surface area contributed by atoms with E-state index >= 15 is 0 Å². The second-order valence-electron chi connectivity index (χ2n) is 6.39. The Labute approximate surface area is 159 Å². The zero-order chi connectivity index (χ0) is 19.6. The van der Waals surface area contributed by atoms with Crippen LogP contribution in [-0.2, 0) is 11.2 Å². The van der Waals surface area contributed by atoms with E-state index in [1.54, 1.807) is 18.2 Å². The quantitative estimate of drug-likeness (QED) is 0.312. The number of nitrogens with zero attached hydrogens (tertiary/aromatic N) is 1. The number of hydrogen-bond donors (Lipinski definition) is 1. The Bertz CT molecular complexity index is 781. The lowest BCUT2D eigenvalue weighted by Gasteiger charge is -2.10. The van der Waals surface area contributed by atoms with Gasteiger partial charge in [0.15, 0.2) is 0 Å². The largest absolute Gasteiger partial charge is 0.491 e. The van der Waals surface area contributed by atoms with Crippen molar-refractivity contribution in [2.24, 2.45) is 0 Å². The first kappa shape index (κ1) is 20.2. The van der Waals surface area contributed by atoms with Crippen LogP contribution in [0.4, 0.5) is 5.69 Å². The van der Waals surface area contributed by atoms with Crippen LogP contribution in [0.5, 0.6) is 5.75 Å². The normalized spacial score (nSPS) is 10.9. The van der Waals surface area contributed by atoms with Gasteiger partial charge in [0.05, 0.1) is 11.0 Å². The monoisotopic (exact) mass is 368 g/mol. The Morgan fingerprint density at radius 1 is 1.15 bits per heavy atom. The van der Waals surface area contributed by atoms with Gasteiger partial charge in [-0.2, -0.15) is 0 Å². The molecule has 6 nitrogen and oxygen atoms in total. The van der Waals surface area contributed by atoms with E-state index in [2.05, 4.69) is 5.32 Å². The van der Waals surface area contributed by atoms with E-state index in [4.69, 9.17) is 4.74 Å². The highest BCUT2D eigenvalue weighted by molar-refractivity contribution is 5.91. The number of benzene rings is 2. The smallest absolute Gasteiger partial charge is 0.269 e. The molecule has 0 aliphatic heterocycles. The average molecular weight is 368 g/mol. The fourth-order valence-electron chi connectivity index (χ4n) is 2.45. The number of carbonyl (C=O) groups excluding carboxylic acids is 1. The van der Waals surface area contributed by atoms with Gasteiger partial charge in [-0.3, -0.25) is 14.9 Å². The van der Waals surface area contributed by atoms with Crippen LogP contribution in [0.1, 0.15) is 31.4 Å². The topological polar surface area (TPSA) is 81.5 Å². The Hall–Kier alpha value is -3.15. The molecule has 0 saturated carbocycles. The van der Waals surface area contributed by atoms with Crippen molar-refractivity contribution in [2.45, 2.75) is 32.8 Å². The van der Waals surface area contributed by atoms with E-state index in [0.29, 0.717) is 6.54 Å². The second-order valence-corrected chi connectivity index (χ2v) is 6.39. The molecular formula is C21H24N2O4. The average Bonchev–Trinajstić information content (AvgIpc) is 2.64. The molecule has 0 spiro atoms. The fraction of sp³-hybridized carbons (Fsp3) is 0.286. The molecule has 2 aromatic carbocycles. The molecule has 0 radical (unpaired) electrons. The molecule has 0 aliphatic carbocycles. The minimum Gasteiger partial charge on any atom is -0.491 e. The van der Waals surface area contributed by atoms with Crippen LogP contribution in [0.2, 0.25) is 0 Å². The van der Waals surface area contributed by atoms with Crippen molar-refractivity contribution in [2.75, 3.05) is 6.54 Å². The van der Waals surface area contributed by atoms with Crippen molar-refractivity contribution in [3.05, 3.63) is 75.8 Å². The standard InChI is InChI=1S/C21H24N2O4/c1-16(2)27-20-12-7-17(8-13-20)4-3-15-22-21(24)14-9-18-5-10-19(11-6-18)23(25)26/h5-14,16H,3-4,15H2,1-2H3,(H,22,24)/b14-9+. The van der Waals surface area contributed by atoms with Gasteiger partial charge in [0.1, 0.15) is 5.75 Å². The molecule has 1 amide bonds. The summed E-state index contributed by atoms with van der Waals surface area (Å²) >= 11 is 0. The van der Waals surface area contributed by atoms with E-state index in [0.717, 1.165) is 24.2 Å². The van der Waals surface area contributed by atoms with Gasteiger partial charge in [0.25, 0.3) is 5.69 Å². The van der Waals surface area contributed by atoms with Crippen molar-refractivity contribution in [1.82, 2.24) is 5.32 Å². The Balaban J connectivity index is 1.70. The number of ether oxygens (including phenoxy) is 1. The van der Waals surface area contributed by atoms with Crippen molar-refractivity contribution < 1.29 is 14.5 Å². The number of aryl methyl sites for hydroxylation is 1. The van der Waals surface area contributed by atoms with Crippen LogP contribution < -0.4 is 10.1 Å². The molecule has 142 valence electrons. The predicted octanol–water partition coefficient (Wildman–Crippen LogP) is 4.14. The van der Waals surface area contributed by atoms with Gasteiger partial charge >= 0.3 is 0 Å². The minimum atomic E-state index is -0.453. The highest BCUT2D eigenvalue weighted by atomic mass is 16.6. The zero-order valence-corrected chi connectivity index (χ0v) is 15.6. The van der Waals surface area contributed by atoms with Crippen LogP contribution >= 0.6 is 0 Å². The molecule has 0 unspecified atom stereocenters. The van der Waals surface area contributed by atoms with E-state index < -0.39 is 4.92 Å². The number of carbonyl (C=O) groups is 1. The molecule has 0 fully saturated rings. The lowest BCUT2D eigenvalue weighted by molar-refractivity contribution is -0.384. The molecule has 1 N–H and O–H groups in total. The Kier molecular flexibility index (Phi) is 7.55. The molecule has 0 bridgehead atoms. The third-order valence-corrected chi connectivity index (χ3v) is 3.77. The number of nitrogens with one attached hydrogen (secondary N) is 1. The van der Waals surface area contributed by atoms with Crippen LogP contribution in [0, 0.1) is 10.1 Å². The Morgan fingerprint density at radius 2 is 1.81 bits per heavy atom. The number of nitro groups is 1. The van der Waals surface area contributed by atoms with Crippen LogP contribution in [-0.4, -0.2) is 23.5 Å². The first-order valence-electron chi connectivity index (χ1n) is 8.90. The van der Waals surface area contributed by atoms with E-state index in [1.807, 2.05) is 38.1 Å². The molecular weight excluding hydrogens is 344 g/mol. The molecule has 2 aromatic rings. The summed E-state index contributed by atoms with van der Waals surface area (Å²) in [5.41, 5.74) is 1.96. The number of non-ortho nitro benzene ring substituents is 1. The number of amides is 1. The molecule has 0 saturated heterocycles. The Morgan fingerprint density at radius 3 is 2.41 bits per heavy atom. The zero-order valence-electron chi connectivity index (χ0n) is 15.6. The van der Waals surface area contributed by atoms with Crippen molar-refractivity contribution >= 4 is 17.7 Å². The summed E-state index contributed by atoms with van der Waals surface area (Å²) in [6.07, 6.45) is 4.92. The third-order valence-electron chi connectivity index (χ3n) is 3.77. The number of nitro benzene ring substituents is 1. The van der Waals surface area contributed by atoms with Gasteiger partial charge < -0.3 is 10.1 Å². The lowest BCUT2D eigenvalue weighted by Crippen LogP contribution is -2.22. The maximum atomic E-state index is 11.8. The first-order chi connectivity index (χ1) is 12.9. The molecule has 6 heteroatoms. The van der Waals surface area contributed by atoms with E-state index in [-0.39, 0.29) is 17.7 Å². The summed E-state index contributed by atoms with van der Waals surface area (Å²) < 4.78 is 5.61. The van der Waals surface area contributed by atoms with Gasteiger partial charge in [0, 0.05) is 24.8 Å². The summed E-state index contributed by atoms with van der Waals surface area (Å²) in [5.74, 6) is 0.674. The maximum absolute atomic E-state index is 11.8. The molecule has 0 heterocycles. The second kappa shape index (κ2) is 10.1. The van der Waals surface area contributed by atoms with Gasteiger partial charge in [-0.1, -0.05) is 12.1 Å². The van der Waals surface area contributed by atoms with Gasteiger partial charge in [-0.15, -0.1) is 0 Å². The van der Waals surface area contributed by atoms with Gasteiger partial charge in [-0.05, 0) is 68.2 Å². The molecule has 2 rings (SSSR count). The summed E-state index contributed by atoms with van der Waals surface area (Å²) in [5, 5.41) is 13.4. The van der Waals surface area contributed by atoms with Crippen molar-refractivity contribution in [3.63, 3.8) is 0 Å². The lowest BCUT2D eigenvalue weighted by atomic mass is 10.1. The maximum Gasteiger partial charge on any atom is 0.269 e. The van der Waals surface area contributed by atoms with Crippen LogP contribution in [0.15, 0.2) is 54.6 Å². The minimum absolute atomic E-state index is 0.0282. The van der Waals surface area contributed by atoms with E-state index in [9.17, 15) is 14.9 Å². The molecule has 0 aliphatic rings. The van der Waals surface area contributed by atoms with Gasteiger partial charge in [-0.25, -0.2) is 0 Å². The molecule has 0 atom stereocenters. The first-order valence-corrected chi connectivity index (χ1v) is 8.90. The third kappa shape index (κ3) is 7.32. The summed E-state index contributed by atoms with van der Waals surface area (Å²) in [6.45, 7) is 4.56. The van der Waals surface area contributed by atoms with Crippen molar-refractivity contribution in [1.29, 1.82) is 0 Å².